The normalized spacial score (nSPS) is 22.6. The number of benzene rings is 1. The Balaban J connectivity index is 0.00000259. The molecule has 1 saturated heterocycles. The van der Waals surface area contributed by atoms with Crippen molar-refractivity contribution in [3.63, 3.8) is 0 Å². The molecule has 0 N–H and O–H groups in total. The van der Waals surface area contributed by atoms with Gasteiger partial charge in [0.1, 0.15) is 11.8 Å². The second-order valence-corrected chi connectivity index (χ2v) is 9.78. The molecular formula is C25H39ClN6O. The highest BCUT2D eigenvalue weighted by Gasteiger charge is 2.35. The number of hydrogen-bond donors (Lipinski definition) is 0. The highest BCUT2D eigenvalue weighted by Crippen LogP contribution is 2.37. The summed E-state index contributed by atoms with van der Waals surface area (Å²) < 4.78 is 7.94. The lowest BCUT2D eigenvalue weighted by atomic mass is 9.93. The van der Waals surface area contributed by atoms with Gasteiger partial charge in [-0.2, -0.15) is 0 Å². The van der Waals surface area contributed by atoms with Crippen molar-refractivity contribution in [2.75, 3.05) is 33.3 Å². The third kappa shape index (κ3) is 5.36. The number of halogens is 1. The fourth-order valence-electron chi connectivity index (χ4n) is 6.16. The Morgan fingerprint density at radius 3 is 2.15 bits per heavy atom. The first-order chi connectivity index (χ1) is 15.8. The van der Waals surface area contributed by atoms with Gasteiger partial charge in [0.05, 0.1) is 13.2 Å². The Bertz CT molecular complexity index is 856. The Hall–Kier alpha value is -1.70. The third-order valence-electron chi connectivity index (χ3n) is 7.92. The van der Waals surface area contributed by atoms with Gasteiger partial charge in [-0.05, 0) is 42.2 Å². The van der Waals surface area contributed by atoms with Gasteiger partial charge >= 0.3 is 0 Å². The number of piperazine rings is 1. The van der Waals surface area contributed by atoms with Crippen molar-refractivity contribution < 1.29 is 4.74 Å². The lowest BCUT2D eigenvalue weighted by Crippen LogP contribution is -2.52. The van der Waals surface area contributed by atoms with Crippen LogP contribution >= 0.6 is 12.4 Å². The van der Waals surface area contributed by atoms with Gasteiger partial charge in [0.2, 0.25) is 0 Å². The Morgan fingerprint density at radius 2 is 1.48 bits per heavy atom. The van der Waals surface area contributed by atoms with Crippen molar-refractivity contribution in [1.82, 2.24) is 30.0 Å². The van der Waals surface area contributed by atoms with Gasteiger partial charge in [-0.1, -0.05) is 56.7 Å². The fraction of sp³-hybridized carbons (Fsp3) is 0.720. The molecule has 0 radical (unpaired) electrons. The van der Waals surface area contributed by atoms with Crippen LogP contribution in [0.3, 0.4) is 0 Å². The number of hydrogen-bond acceptors (Lipinski definition) is 6. The fourth-order valence-corrected chi connectivity index (χ4v) is 6.16. The van der Waals surface area contributed by atoms with Crippen LogP contribution in [0.5, 0.6) is 5.75 Å². The average molecular weight is 475 g/mol. The molecule has 0 amide bonds. The highest BCUT2D eigenvalue weighted by atomic mass is 35.5. The molecule has 3 aliphatic rings. The predicted molar refractivity (Wildman–Crippen MR) is 132 cm³/mol. The van der Waals surface area contributed by atoms with E-state index in [0.29, 0.717) is 6.04 Å². The minimum Gasteiger partial charge on any atom is -0.496 e. The summed E-state index contributed by atoms with van der Waals surface area (Å²) in [6, 6.07) is 9.63. The molecule has 1 aliphatic heterocycles. The number of ether oxygens (including phenoxy) is 1. The van der Waals surface area contributed by atoms with Crippen LogP contribution in [0.15, 0.2) is 24.3 Å². The van der Waals surface area contributed by atoms with Crippen LogP contribution in [0, 0.1) is 0 Å². The van der Waals surface area contributed by atoms with Crippen LogP contribution in [0.2, 0.25) is 0 Å². The molecule has 2 aliphatic carbocycles. The number of tetrazole rings is 1. The molecule has 1 aromatic heterocycles. The average Bonchev–Trinajstić information content (AvgIpc) is 3.35. The van der Waals surface area contributed by atoms with E-state index in [4.69, 9.17) is 4.74 Å². The van der Waals surface area contributed by atoms with Crippen LogP contribution in [0.1, 0.15) is 87.7 Å². The van der Waals surface area contributed by atoms with Crippen molar-refractivity contribution >= 4 is 12.4 Å². The lowest BCUT2D eigenvalue weighted by Gasteiger charge is -2.43. The summed E-state index contributed by atoms with van der Waals surface area (Å²) >= 11 is 0. The van der Waals surface area contributed by atoms with Crippen LogP contribution in [0.4, 0.5) is 0 Å². The second-order valence-electron chi connectivity index (χ2n) is 9.78. The van der Waals surface area contributed by atoms with Crippen molar-refractivity contribution in [3.05, 3.63) is 35.7 Å². The molecule has 0 spiro atoms. The summed E-state index contributed by atoms with van der Waals surface area (Å²) in [4.78, 5) is 5.32. The van der Waals surface area contributed by atoms with Crippen LogP contribution in [-0.2, 0) is 0 Å². The van der Waals surface area contributed by atoms with Gasteiger partial charge < -0.3 is 4.74 Å². The second kappa shape index (κ2) is 11.6. The largest absolute Gasteiger partial charge is 0.496 e. The van der Waals surface area contributed by atoms with E-state index < -0.39 is 0 Å². The molecular weight excluding hydrogens is 436 g/mol. The minimum absolute atomic E-state index is 0. The zero-order chi connectivity index (χ0) is 21.8. The van der Waals surface area contributed by atoms with Gasteiger partial charge in [-0.15, -0.1) is 17.5 Å². The molecule has 33 heavy (non-hydrogen) atoms. The maximum Gasteiger partial charge on any atom is 0.173 e. The van der Waals surface area contributed by atoms with E-state index in [0.717, 1.165) is 43.8 Å². The maximum absolute atomic E-state index is 5.80. The van der Waals surface area contributed by atoms with Crippen molar-refractivity contribution in [3.8, 4) is 5.75 Å². The molecule has 8 heteroatoms. The van der Waals surface area contributed by atoms with Gasteiger partial charge in [0, 0.05) is 37.8 Å². The summed E-state index contributed by atoms with van der Waals surface area (Å²) in [6.45, 7) is 4.33. The number of rotatable bonds is 6. The Kier molecular flexibility index (Phi) is 8.61. The molecule has 2 heterocycles. The number of methoxy groups -OCH3 is 1. The van der Waals surface area contributed by atoms with Crippen molar-refractivity contribution in [2.24, 2.45) is 0 Å². The Morgan fingerprint density at radius 1 is 0.848 bits per heavy atom. The van der Waals surface area contributed by atoms with Crippen LogP contribution < -0.4 is 4.74 Å². The van der Waals surface area contributed by atoms with E-state index in [2.05, 4.69) is 48.2 Å². The van der Waals surface area contributed by atoms with Crippen LogP contribution in [-0.4, -0.2) is 69.3 Å². The van der Waals surface area contributed by atoms with E-state index in [9.17, 15) is 0 Å². The molecule has 0 bridgehead atoms. The van der Waals surface area contributed by atoms with E-state index in [1.807, 2.05) is 6.07 Å². The standard InChI is InChI=1S/C25H38N6O.ClH/c1-32-23-15-9-8-14-22(23)24(25-26-27-28-31(25)21-12-6-3-7-13-21)30-18-16-29(17-19-30)20-10-4-2-5-11-20;/h8-9,14-15,20-21,24H,2-7,10-13,16-19H2,1H3;1H. The molecule has 3 fully saturated rings. The topological polar surface area (TPSA) is 59.3 Å². The highest BCUT2D eigenvalue weighted by molar-refractivity contribution is 5.85. The van der Waals surface area contributed by atoms with Gasteiger partial charge in [-0.3, -0.25) is 9.80 Å². The van der Waals surface area contributed by atoms with Crippen molar-refractivity contribution in [1.29, 1.82) is 0 Å². The third-order valence-corrected chi connectivity index (χ3v) is 7.92. The molecule has 182 valence electrons. The molecule has 7 nitrogen and oxygen atoms in total. The first-order valence-corrected chi connectivity index (χ1v) is 12.7. The summed E-state index contributed by atoms with van der Waals surface area (Å²) in [5, 5.41) is 13.3. The number of para-hydroxylation sites is 1. The zero-order valence-electron chi connectivity index (χ0n) is 19.9. The summed E-state index contributed by atoms with van der Waals surface area (Å²) in [5.74, 6) is 1.90. The summed E-state index contributed by atoms with van der Waals surface area (Å²) in [6.07, 6.45) is 13.1. The minimum atomic E-state index is 0. The molecule has 1 unspecified atom stereocenters. The smallest absolute Gasteiger partial charge is 0.173 e. The molecule has 5 rings (SSSR count). The molecule has 2 saturated carbocycles. The molecule has 1 aromatic carbocycles. The number of nitrogens with zero attached hydrogens (tertiary/aromatic N) is 6. The first kappa shape index (κ1) is 24.4. The van der Waals surface area contributed by atoms with Gasteiger partial charge in [-0.25, -0.2) is 4.68 Å². The van der Waals surface area contributed by atoms with E-state index >= 15 is 0 Å². The number of aromatic nitrogens is 4. The first-order valence-electron chi connectivity index (χ1n) is 12.7. The summed E-state index contributed by atoms with van der Waals surface area (Å²) in [5.41, 5.74) is 1.17. The molecule has 1 atom stereocenters. The van der Waals surface area contributed by atoms with E-state index in [1.54, 1.807) is 7.11 Å². The maximum atomic E-state index is 5.80. The van der Waals surface area contributed by atoms with E-state index in [-0.39, 0.29) is 18.4 Å². The van der Waals surface area contributed by atoms with E-state index in [1.165, 1.54) is 69.8 Å². The van der Waals surface area contributed by atoms with Crippen LogP contribution in [0.25, 0.3) is 0 Å². The summed E-state index contributed by atoms with van der Waals surface area (Å²) in [7, 11) is 1.76. The lowest BCUT2D eigenvalue weighted by molar-refractivity contribution is 0.0607. The predicted octanol–water partition coefficient (Wildman–Crippen LogP) is 4.65. The monoisotopic (exact) mass is 474 g/mol. The zero-order valence-corrected chi connectivity index (χ0v) is 20.8. The van der Waals surface area contributed by atoms with Crippen molar-refractivity contribution in [2.45, 2.75) is 82.3 Å². The van der Waals surface area contributed by atoms with Gasteiger partial charge in [0.15, 0.2) is 5.82 Å². The molecule has 2 aromatic rings. The Labute approximate surface area is 204 Å². The van der Waals surface area contributed by atoms with Gasteiger partial charge in [0.25, 0.3) is 0 Å². The quantitative estimate of drug-likeness (QED) is 0.607. The SMILES string of the molecule is COc1ccccc1C(c1nnnn1C1CCCCC1)N1CCN(C2CCCCC2)CC1.Cl.